The molecule has 2 rings (SSSR count). The second-order valence-electron chi connectivity index (χ2n) is 4.74. The molecule has 0 aromatic heterocycles. The Morgan fingerprint density at radius 3 is 3.06 bits per heavy atom. The van der Waals surface area contributed by atoms with E-state index in [0.29, 0.717) is 5.92 Å². The van der Waals surface area contributed by atoms with Crippen LogP contribution in [-0.2, 0) is 6.42 Å². The summed E-state index contributed by atoms with van der Waals surface area (Å²) in [4.78, 5) is 11.0. The van der Waals surface area contributed by atoms with Crippen molar-refractivity contribution in [3.8, 4) is 0 Å². The summed E-state index contributed by atoms with van der Waals surface area (Å²) in [5.74, 6) is 0.690. The third-order valence-corrected chi connectivity index (χ3v) is 3.34. The molecule has 0 amide bonds. The minimum absolute atomic E-state index is 0.690. The summed E-state index contributed by atoms with van der Waals surface area (Å²) in [7, 11) is 0. The van der Waals surface area contributed by atoms with E-state index >= 15 is 0 Å². The van der Waals surface area contributed by atoms with Crippen molar-refractivity contribution in [3.05, 3.63) is 34.9 Å². The highest BCUT2D eigenvalue weighted by atomic mass is 16.1. The smallest absolute Gasteiger partial charge is 0.150 e. The lowest BCUT2D eigenvalue weighted by Gasteiger charge is -2.23. The number of carbonyl (C=O) groups excluding carboxylic acids is 1. The quantitative estimate of drug-likeness (QED) is 0.787. The van der Waals surface area contributed by atoms with Crippen LogP contribution in [0.15, 0.2) is 18.2 Å². The molecule has 1 unspecified atom stereocenters. The van der Waals surface area contributed by atoms with E-state index in [2.05, 4.69) is 17.4 Å². The Labute approximate surface area is 97.1 Å². The first-order valence-corrected chi connectivity index (χ1v) is 6.05. The van der Waals surface area contributed by atoms with Gasteiger partial charge in [-0.2, -0.15) is 0 Å². The fraction of sp³-hybridized carbons (Fsp3) is 0.500. The van der Waals surface area contributed by atoms with E-state index in [9.17, 15) is 4.79 Å². The molecule has 1 atom stereocenters. The van der Waals surface area contributed by atoms with Gasteiger partial charge in [0, 0.05) is 5.56 Å². The monoisotopic (exact) mass is 217 g/mol. The van der Waals surface area contributed by atoms with E-state index in [4.69, 9.17) is 0 Å². The summed E-state index contributed by atoms with van der Waals surface area (Å²) >= 11 is 0. The van der Waals surface area contributed by atoms with Crippen LogP contribution in [-0.4, -0.2) is 19.4 Å². The fourth-order valence-electron chi connectivity index (χ4n) is 2.42. The zero-order chi connectivity index (χ0) is 11.4. The molecule has 1 aromatic carbocycles. The second-order valence-corrected chi connectivity index (χ2v) is 4.74. The van der Waals surface area contributed by atoms with Crippen molar-refractivity contribution < 1.29 is 4.79 Å². The summed E-state index contributed by atoms with van der Waals surface area (Å²) in [5, 5.41) is 3.42. The number of nitrogens with one attached hydrogen (secondary N) is 1. The highest BCUT2D eigenvalue weighted by Crippen LogP contribution is 2.19. The van der Waals surface area contributed by atoms with Gasteiger partial charge in [0.2, 0.25) is 0 Å². The molecule has 0 spiro atoms. The van der Waals surface area contributed by atoms with E-state index in [0.717, 1.165) is 36.9 Å². The van der Waals surface area contributed by atoms with E-state index in [1.807, 2.05) is 13.0 Å². The summed E-state index contributed by atoms with van der Waals surface area (Å²) < 4.78 is 0. The Bertz CT molecular complexity index is 367. The zero-order valence-electron chi connectivity index (χ0n) is 9.83. The summed E-state index contributed by atoms with van der Waals surface area (Å²) in [5.41, 5.74) is 3.23. The van der Waals surface area contributed by atoms with Crippen LogP contribution >= 0.6 is 0 Å². The van der Waals surface area contributed by atoms with E-state index in [-0.39, 0.29) is 0 Å². The largest absolute Gasteiger partial charge is 0.316 e. The van der Waals surface area contributed by atoms with Crippen molar-refractivity contribution >= 4 is 6.29 Å². The lowest BCUT2D eigenvalue weighted by atomic mass is 9.90. The molecule has 1 aromatic rings. The third kappa shape index (κ3) is 2.70. The number of carbonyl (C=O) groups is 1. The summed E-state index contributed by atoms with van der Waals surface area (Å²) in [6, 6.07) is 6.19. The van der Waals surface area contributed by atoms with Gasteiger partial charge >= 0.3 is 0 Å². The Hall–Kier alpha value is -1.15. The number of hydrogen-bond acceptors (Lipinski definition) is 2. The molecule has 1 fully saturated rings. The Morgan fingerprint density at radius 2 is 2.38 bits per heavy atom. The number of piperidine rings is 1. The van der Waals surface area contributed by atoms with Crippen LogP contribution in [0.4, 0.5) is 0 Å². The van der Waals surface area contributed by atoms with Crippen molar-refractivity contribution in [1.82, 2.24) is 5.32 Å². The average molecular weight is 217 g/mol. The van der Waals surface area contributed by atoms with Crippen LogP contribution in [0, 0.1) is 12.8 Å². The lowest BCUT2D eigenvalue weighted by molar-refractivity contribution is 0.112. The summed E-state index contributed by atoms with van der Waals surface area (Å²) in [6.07, 6.45) is 4.55. The highest BCUT2D eigenvalue weighted by molar-refractivity contribution is 5.77. The molecule has 0 aliphatic carbocycles. The van der Waals surface area contributed by atoms with Crippen LogP contribution in [0.1, 0.15) is 34.3 Å². The molecular weight excluding hydrogens is 198 g/mol. The van der Waals surface area contributed by atoms with Gasteiger partial charge < -0.3 is 5.32 Å². The molecule has 2 nitrogen and oxygen atoms in total. The fourth-order valence-corrected chi connectivity index (χ4v) is 2.42. The predicted octanol–water partition coefficient (Wildman–Crippen LogP) is 2.35. The normalized spacial score (nSPS) is 20.7. The molecular formula is C14H19NO. The number of rotatable bonds is 3. The van der Waals surface area contributed by atoms with Gasteiger partial charge in [0.1, 0.15) is 6.29 Å². The van der Waals surface area contributed by atoms with Crippen LogP contribution in [0.5, 0.6) is 0 Å². The predicted molar refractivity (Wildman–Crippen MR) is 65.9 cm³/mol. The maximum atomic E-state index is 11.0. The van der Waals surface area contributed by atoms with Crippen molar-refractivity contribution in [2.75, 3.05) is 13.1 Å². The maximum absolute atomic E-state index is 11.0. The van der Waals surface area contributed by atoms with Crippen LogP contribution in [0.2, 0.25) is 0 Å². The first kappa shape index (κ1) is 11.3. The molecule has 16 heavy (non-hydrogen) atoms. The minimum Gasteiger partial charge on any atom is -0.316 e. The zero-order valence-corrected chi connectivity index (χ0v) is 9.83. The van der Waals surface area contributed by atoms with Crippen molar-refractivity contribution in [2.24, 2.45) is 5.92 Å². The molecule has 1 saturated heterocycles. The van der Waals surface area contributed by atoms with Gasteiger partial charge in [0.15, 0.2) is 0 Å². The van der Waals surface area contributed by atoms with Crippen molar-refractivity contribution in [1.29, 1.82) is 0 Å². The van der Waals surface area contributed by atoms with Gasteiger partial charge in [0.05, 0.1) is 0 Å². The van der Waals surface area contributed by atoms with Gasteiger partial charge in [-0.25, -0.2) is 0 Å². The number of aldehydes is 1. The molecule has 1 aliphatic heterocycles. The Kier molecular flexibility index (Phi) is 3.73. The van der Waals surface area contributed by atoms with E-state index < -0.39 is 0 Å². The maximum Gasteiger partial charge on any atom is 0.150 e. The van der Waals surface area contributed by atoms with E-state index in [1.165, 1.54) is 18.4 Å². The van der Waals surface area contributed by atoms with Crippen molar-refractivity contribution in [2.45, 2.75) is 26.2 Å². The van der Waals surface area contributed by atoms with Gasteiger partial charge in [-0.3, -0.25) is 4.79 Å². The minimum atomic E-state index is 0.690. The number of aryl methyl sites for hydroxylation is 1. The molecule has 1 aliphatic rings. The molecule has 2 heteroatoms. The first-order chi connectivity index (χ1) is 7.79. The van der Waals surface area contributed by atoms with Crippen molar-refractivity contribution in [3.63, 3.8) is 0 Å². The first-order valence-electron chi connectivity index (χ1n) is 6.05. The van der Waals surface area contributed by atoms with Gasteiger partial charge in [0.25, 0.3) is 0 Å². The third-order valence-electron chi connectivity index (χ3n) is 3.34. The molecule has 0 radical (unpaired) electrons. The van der Waals surface area contributed by atoms with Crippen LogP contribution < -0.4 is 5.32 Å². The van der Waals surface area contributed by atoms with E-state index in [1.54, 1.807) is 0 Å². The number of benzene rings is 1. The Morgan fingerprint density at radius 1 is 1.50 bits per heavy atom. The van der Waals surface area contributed by atoms with Gasteiger partial charge in [-0.05, 0) is 56.8 Å². The molecule has 0 bridgehead atoms. The Balaban J connectivity index is 2.10. The average Bonchev–Trinajstić information content (AvgIpc) is 2.33. The highest BCUT2D eigenvalue weighted by Gasteiger charge is 2.14. The molecule has 1 N–H and O–H groups in total. The lowest BCUT2D eigenvalue weighted by Crippen LogP contribution is -2.31. The van der Waals surface area contributed by atoms with Gasteiger partial charge in [-0.15, -0.1) is 0 Å². The summed E-state index contributed by atoms with van der Waals surface area (Å²) in [6.45, 7) is 4.26. The standard InChI is InChI=1S/C14H19NO/c1-11-4-5-13(14(7-11)10-16)8-12-3-2-6-15-9-12/h4-5,7,10,12,15H,2-3,6,8-9H2,1H3. The van der Waals surface area contributed by atoms with Crippen LogP contribution in [0.25, 0.3) is 0 Å². The number of hydrogen-bond donors (Lipinski definition) is 1. The SMILES string of the molecule is Cc1ccc(CC2CCCNC2)c(C=O)c1. The molecule has 1 heterocycles. The second kappa shape index (κ2) is 5.26. The van der Waals surface area contributed by atoms with Gasteiger partial charge in [-0.1, -0.05) is 17.7 Å². The van der Waals surface area contributed by atoms with Crippen LogP contribution in [0.3, 0.4) is 0 Å². The molecule has 0 saturated carbocycles. The topological polar surface area (TPSA) is 29.1 Å². The molecule has 86 valence electrons.